The quantitative estimate of drug-likeness (QED) is 0.434. The number of benzene rings is 2. The normalized spacial score (nSPS) is 17.2. The number of hydrogen-bond donors (Lipinski definition) is 1. The lowest BCUT2D eigenvalue weighted by Crippen LogP contribution is -2.35. The molecule has 2 heterocycles. The van der Waals surface area contributed by atoms with Gasteiger partial charge in [0.15, 0.2) is 17.3 Å². The molecule has 14 heteroatoms. The van der Waals surface area contributed by atoms with Crippen LogP contribution in [-0.2, 0) is 24.7 Å². The molecule has 35 heavy (non-hydrogen) atoms. The first kappa shape index (κ1) is 24.6. The number of amides is 1. The molecule has 0 aromatic heterocycles. The van der Waals surface area contributed by atoms with Crippen molar-refractivity contribution in [2.75, 3.05) is 12.9 Å². The summed E-state index contributed by atoms with van der Waals surface area (Å²) in [5, 5.41) is 13.3. The van der Waals surface area contributed by atoms with Crippen molar-refractivity contribution in [1.29, 1.82) is 5.41 Å². The standard InChI is InChI=1S/C21H18N4O7S3/c1-3-34(27,28)21-24-25-18(22)15(19(26)23-20(25)33-21)11-13-9-10-16(17(12-13)31-2)32-35(29,30)14-7-5-4-6-8-14/h4-12,22H,3H2,1-2H3/b15-11+,22-18?. The van der Waals surface area contributed by atoms with Crippen molar-refractivity contribution in [3.63, 3.8) is 0 Å². The predicted octanol–water partition coefficient (Wildman–Crippen LogP) is 2.47. The van der Waals surface area contributed by atoms with Gasteiger partial charge in [-0.25, -0.2) is 8.42 Å². The Balaban J connectivity index is 1.64. The summed E-state index contributed by atoms with van der Waals surface area (Å²) in [6, 6.07) is 11.9. The molecule has 2 aliphatic rings. The van der Waals surface area contributed by atoms with Gasteiger partial charge in [0.25, 0.3) is 5.91 Å². The van der Waals surface area contributed by atoms with Gasteiger partial charge < -0.3 is 8.92 Å². The molecule has 4 rings (SSSR count). The first-order chi connectivity index (χ1) is 16.6. The summed E-state index contributed by atoms with van der Waals surface area (Å²) in [5.74, 6) is -1.27. The zero-order valence-corrected chi connectivity index (χ0v) is 20.8. The first-order valence-electron chi connectivity index (χ1n) is 9.96. The largest absolute Gasteiger partial charge is 0.493 e. The third-order valence-electron chi connectivity index (χ3n) is 4.81. The number of fused-ring (bicyclic) bond motifs is 1. The molecule has 11 nitrogen and oxygen atoms in total. The van der Waals surface area contributed by atoms with Crippen LogP contribution in [0.5, 0.6) is 11.5 Å². The molecule has 0 unspecified atom stereocenters. The van der Waals surface area contributed by atoms with E-state index in [0.717, 1.165) is 5.01 Å². The molecular formula is C21H18N4O7S3. The fourth-order valence-electron chi connectivity index (χ4n) is 2.99. The zero-order chi connectivity index (χ0) is 25.4. The molecule has 0 saturated carbocycles. The lowest BCUT2D eigenvalue weighted by Gasteiger charge is -2.20. The number of aliphatic imine (C=N–C) groups is 1. The number of hydrogen-bond acceptors (Lipinski definition) is 10. The number of nitrogens with one attached hydrogen (secondary N) is 1. The minimum Gasteiger partial charge on any atom is -0.493 e. The van der Waals surface area contributed by atoms with E-state index in [1.807, 2.05) is 0 Å². The van der Waals surface area contributed by atoms with Crippen LogP contribution in [0.25, 0.3) is 6.08 Å². The number of amidine groups is 2. The monoisotopic (exact) mass is 534 g/mol. The Hall–Kier alpha value is -3.49. The number of nitrogens with zero attached hydrogens (tertiary/aromatic N) is 3. The van der Waals surface area contributed by atoms with Crippen molar-refractivity contribution in [3.05, 3.63) is 59.7 Å². The summed E-state index contributed by atoms with van der Waals surface area (Å²) in [7, 11) is -6.42. The molecule has 0 fully saturated rings. The number of rotatable bonds is 6. The van der Waals surface area contributed by atoms with Crippen LogP contribution in [0.15, 0.2) is 69.1 Å². The molecule has 0 saturated heterocycles. The van der Waals surface area contributed by atoms with E-state index in [-0.39, 0.29) is 43.1 Å². The van der Waals surface area contributed by atoms with Gasteiger partial charge >= 0.3 is 10.1 Å². The van der Waals surface area contributed by atoms with Crippen molar-refractivity contribution in [1.82, 2.24) is 5.01 Å². The van der Waals surface area contributed by atoms with Crippen LogP contribution < -0.4 is 8.92 Å². The number of hydrazone groups is 1. The van der Waals surface area contributed by atoms with Crippen LogP contribution >= 0.6 is 11.8 Å². The molecule has 0 radical (unpaired) electrons. The molecule has 2 aliphatic heterocycles. The topological polar surface area (TPSA) is 156 Å². The number of carbonyl (C=O) groups excluding carboxylic acids is 1. The van der Waals surface area contributed by atoms with E-state index < -0.39 is 25.9 Å². The molecule has 0 spiro atoms. The van der Waals surface area contributed by atoms with Crippen molar-refractivity contribution >= 4 is 59.1 Å². The van der Waals surface area contributed by atoms with E-state index in [4.69, 9.17) is 14.3 Å². The summed E-state index contributed by atoms with van der Waals surface area (Å²) >= 11 is 0.709. The molecule has 0 bridgehead atoms. The fraction of sp³-hybridized carbons (Fsp3) is 0.143. The molecule has 1 N–H and O–H groups in total. The first-order valence-corrected chi connectivity index (χ1v) is 13.8. The van der Waals surface area contributed by atoms with Crippen molar-refractivity contribution in [2.24, 2.45) is 10.1 Å². The van der Waals surface area contributed by atoms with E-state index in [1.165, 1.54) is 50.4 Å². The number of carbonyl (C=O) groups is 1. The van der Waals surface area contributed by atoms with E-state index >= 15 is 0 Å². The second-order valence-electron chi connectivity index (χ2n) is 7.05. The molecule has 0 atom stereocenters. The summed E-state index contributed by atoms with van der Waals surface area (Å²) in [4.78, 5) is 16.4. The maximum atomic E-state index is 12.6. The highest BCUT2D eigenvalue weighted by Gasteiger charge is 2.39. The Bertz CT molecular complexity index is 1530. The maximum absolute atomic E-state index is 12.6. The van der Waals surface area contributed by atoms with Crippen LogP contribution in [0.1, 0.15) is 12.5 Å². The molecule has 2 aromatic carbocycles. The maximum Gasteiger partial charge on any atom is 0.339 e. The Kier molecular flexibility index (Phi) is 6.53. The summed E-state index contributed by atoms with van der Waals surface area (Å²) in [6.07, 6.45) is 1.34. The van der Waals surface area contributed by atoms with Gasteiger partial charge in [-0.15, -0.1) is 5.10 Å². The van der Waals surface area contributed by atoms with E-state index in [9.17, 15) is 21.6 Å². The summed E-state index contributed by atoms with van der Waals surface area (Å²) in [5.41, 5.74) is 0.246. The van der Waals surface area contributed by atoms with Gasteiger partial charge in [-0.3, -0.25) is 10.2 Å². The van der Waals surface area contributed by atoms with Crippen LogP contribution in [0.3, 0.4) is 0 Å². The Morgan fingerprint density at radius 3 is 2.46 bits per heavy atom. The van der Waals surface area contributed by atoms with Crippen LogP contribution in [0.2, 0.25) is 0 Å². The molecule has 182 valence electrons. The second kappa shape index (κ2) is 9.28. The van der Waals surface area contributed by atoms with Gasteiger partial charge in [-0.05, 0) is 47.7 Å². The molecule has 1 amide bonds. The average Bonchev–Trinajstić information content (AvgIpc) is 3.28. The third-order valence-corrected chi connectivity index (χ3v) is 9.15. The fourth-order valence-corrected chi connectivity index (χ4v) is 6.11. The molecule has 2 aromatic rings. The van der Waals surface area contributed by atoms with E-state index in [2.05, 4.69) is 10.1 Å². The van der Waals surface area contributed by atoms with Crippen LogP contribution in [0.4, 0.5) is 0 Å². The van der Waals surface area contributed by atoms with Gasteiger partial charge in [-0.2, -0.15) is 18.4 Å². The Morgan fingerprint density at radius 1 is 1.09 bits per heavy atom. The number of methoxy groups -OCH3 is 1. The second-order valence-corrected chi connectivity index (χ2v) is 12.0. The average molecular weight is 535 g/mol. The van der Waals surface area contributed by atoms with Crippen LogP contribution in [-0.4, -0.2) is 56.0 Å². The highest BCUT2D eigenvalue weighted by atomic mass is 32.3. The predicted molar refractivity (Wildman–Crippen MR) is 132 cm³/mol. The SMILES string of the molecule is CCS(=O)(=O)C1=NN2C(=N)/C(=C\c3ccc(OS(=O)(=O)c4ccccc4)c(OC)c3)C(=O)N=C2S1. The minimum absolute atomic E-state index is 0.0170. The van der Waals surface area contributed by atoms with Gasteiger partial charge in [0.2, 0.25) is 19.4 Å². The van der Waals surface area contributed by atoms with Crippen molar-refractivity contribution in [3.8, 4) is 11.5 Å². The number of thioether (sulfide) groups is 1. The summed E-state index contributed by atoms with van der Waals surface area (Å²) < 4.78 is 59.6. The van der Waals surface area contributed by atoms with Crippen molar-refractivity contribution in [2.45, 2.75) is 11.8 Å². The Morgan fingerprint density at radius 2 is 1.80 bits per heavy atom. The summed E-state index contributed by atoms with van der Waals surface area (Å²) in [6.45, 7) is 1.46. The molecular weight excluding hydrogens is 516 g/mol. The smallest absolute Gasteiger partial charge is 0.339 e. The van der Waals surface area contributed by atoms with Crippen molar-refractivity contribution < 1.29 is 30.6 Å². The van der Waals surface area contributed by atoms with Gasteiger partial charge in [0.05, 0.1) is 18.4 Å². The zero-order valence-electron chi connectivity index (χ0n) is 18.3. The van der Waals surface area contributed by atoms with E-state index in [1.54, 1.807) is 18.2 Å². The number of ether oxygens (including phenoxy) is 1. The van der Waals surface area contributed by atoms with Crippen LogP contribution in [0, 0.1) is 5.41 Å². The van der Waals surface area contributed by atoms with Gasteiger partial charge in [0.1, 0.15) is 4.90 Å². The van der Waals surface area contributed by atoms with E-state index in [0.29, 0.717) is 17.3 Å². The lowest BCUT2D eigenvalue weighted by molar-refractivity contribution is -0.114. The lowest BCUT2D eigenvalue weighted by atomic mass is 10.1. The highest BCUT2D eigenvalue weighted by Crippen LogP contribution is 2.33. The minimum atomic E-state index is -4.11. The van der Waals surface area contributed by atoms with Gasteiger partial charge in [0, 0.05) is 0 Å². The Labute approximate surface area is 205 Å². The highest BCUT2D eigenvalue weighted by molar-refractivity contribution is 8.42. The van der Waals surface area contributed by atoms with Gasteiger partial charge in [-0.1, -0.05) is 31.2 Å². The third kappa shape index (κ3) is 4.85. The number of sulfone groups is 1. The molecule has 0 aliphatic carbocycles.